The van der Waals surface area contributed by atoms with Gasteiger partial charge >= 0.3 is 0 Å². The van der Waals surface area contributed by atoms with Crippen LogP contribution < -0.4 is 5.32 Å². The van der Waals surface area contributed by atoms with Crippen molar-refractivity contribution in [3.05, 3.63) is 35.6 Å². The number of rotatable bonds is 6. The first-order chi connectivity index (χ1) is 10.0. The van der Waals surface area contributed by atoms with E-state index in [-0.39, 0.29) is 17.9 Å². The summed E-state index contributed by atoms with van der Waals surface area (Å²) in [6, 6.07) is 6.40. The Morgan fingerprint density at radius 2 is 2.05 bits per heavy atom. The largest absolute Gasteiger partial charge is 0.321 e. The Morgan fingerprint density at radius 1 is 1.38 bits per heavy atom. The van der Waals surface area contributed by atoms with Crippen LogP contribution in [0.15, 0.2) is 24.3 Å². The number of carbonyl (C=O) groups is 1. The molecular formula is C16H23FN2OS. The van der Waals surface area contributed by atoms with Gasteiger partial charge in [-0.05, 0) is 49.5 Å². The van der Waals surface area contributed by atoms with Crippen molar-refractivity contribution in [2.24, 2.45) is 0 Å². The zero-order valence-electron chi connectivity index (χ0n) is 12.9. The average Bonchev–Trinajstić information content (AvgIpc) is 2.74. The molecule has 1 heterocycles. The Kier molecular flexibility index (Phi) is 5.27. The number of hydrogen-bond acceptors (Lipinski definition) is 3. The maximum Gasteiger partial charge on any atom is 0.244 e. The van der Waals surface area contributed by atoms with Crippen molar-refractivity contribution < 1.29 is 9.18 Å². The number of amides is 1. The third kappa shape index (κ3) is 3.40. The zero-order valence-corrected chi connectivity index (χ0v) is 13.7. The minimum Gasteiger partial charge on any atom is -0.321 e. The Balaban J connectivity index is 2.23. The van der Waals surface area contributed by atoms with Gasteiger partial charge in [0, 0.05) is 6.54 Å². The van der Waals surface area contributed by atoms with Gasteiger partial charge in [-0.15, -0.1) is 0 Å². The van der Waals surface area contributed by atoms with Gasteiger partial charge in [0.25, 0.3) is 0 Å². The van der Waals surface area contributed by atoms with E-state index in [2.05, 4.69) is 11.6 Å². The van der Waals surface area contributed by atoms with Crippen LogP contribution in [-0.4, -0.2) is 34.9 Å². The first-order valence-corrected chi connectivity index (χ1v) is 8.74. The highest BCUT2D eigenvalue weighted by Gasteiger charge is 2.46. The number of nitrogens with zero attached hydrogens (tertiary/aromatic N) is 1. The lowest BCUT2D eigenvalue weighted by atomic mass is 9.99. The molecule has 0 radical (unpaired) electrons. The molecule has 1 saturated heterocycles. The molecule has 3 nitrogen and oxygen atoms in total. The molecule has 116 valence electrons. The van der Waals surface area contributed by atoms with Gasteiger partial charge in [-0.25, -0.2) is 4.39 Å². The summed E-state index contributed by atoms with van der Waals surface area (Å²) in [6.07, 6.45) is 3.61. The van der Waals surface area contributed by atoms with Gasteiger partial charge in [-0.1, -0.05) is 19.1 Å². The predicted molar refractivity (Wildman–Crippen MR) is 85.7 cm³/mol. The van der Waals surface area contributed by atoms with Crippen molar-refractivity contribution in [3.8, 4) is 0 Å². The summed E-state index contributed by atoms with van der Waals surface area (Å²) in [5.41, 5.74) is 0.407. The van der Waals surface area contributed by atoms with Crippen LogP contribution in [0, 0.1) is 5.82 Å². The van der Waals surface area contributed by atoms with Crippen LogP contribution in [0.2, 0.25) is 0 Å². The molecule has 0 aliphatic carbocycles. The van der Waals surface area contributed by atoms with Gasteiger partial charge in [-0.3, -0.25) is 10.1 Å². The molecule has 1 aliphatic heterocycles. The Hall–Kier alpha value is -1.07. The molecule has 2 unspecified atom stereocenters. The van der Waals surface area contributed by atoms with Crippen molar-refractivity contribution in [2.75, 3.05) is 18.6 Å². The first-order valence-electron chi connectivity index (χ1n) is 7.35. The minimum atomic E-state index is -0.529. The smallest absolute Gasteiger partial charge is 0.244 e. The number of carbonyl (C=O) groups excluding carboxylic acids is 1. The lowest BCUT2D eigenvalue weighted by Gasteiger charge is -2.24. The molecule has 1 N–H and O–H groups in total. The molecule has 1 fully saturated rings. The molecule has 0 bridgehead atoms. The molecule has 0 spiro atoms. The summed E-state index contributed by atoms with van der Waals surface area (Å²) in [5, 5.41) is 3.43. The highest BCUT2D eigenvalue weighted by atomic mass is 32.2. The predicted octanol–water partition coefficient (Wildman–Crippen LogP) is 3.18. The monoisotopic (exact) mass is 310 g/mol. The SMILES string of the molecule is CCC1(C)NC(c2ccc(F)cc2)N(CCCSC)C1=O. The van der Waals surface area contributed by atoms with Gasteiger partial charge < -0.3 is 4.90 Å². The van der Waals surface area contributed by atoms with Crippen molar-refractivity contribution in [2.45, 2.75) is 38.4 Å². The summed E-state index contributed by atoms with van der Waals surface area (Å²) in [6.45, 7) is 4.68. The Bertz CT molecular complexity index is 494. The third-order valence-corrected chi connectivity index (χ3v) is 4.84. The van der Waals surface area contributed by atoms with Crippen LogP contribution in [0.3, 0.4) is 0 Å². The molecule has 1 aromatic rings. The summed E-state index contributed by atoms with van der Waals surface area (Å²) in [7, 11) is 0. The molecule has 1 amide bonds. The van der Waals surface area contributed by atoms with E-state index in [0.29, 0.717) is 0 Å². The molecule has 1 aliphatic rings. The van der Waals surface area contributed by atoms with E-state index >= 15 is 0 Å². The number of halogens is 1. The fourth-order valence-corrected chi connectivity index (χ4v) is 3.06. The molecule has 0 aromatic heterocycles. The van der Waals surface area contributed by atoms with E-state index in [9.17, 15) is 9.18 Å². The highest BCUT2D eigenvalue weighted by Crippen LogP contribution is 2.32. The minimum absolute atomic E-state index is 0.139. The van der Waals surface area contributed by atoms with Crippen molar-refractivity contribution >= 4 is 17.7 Å². The van der Waals surface area contributed by atoms with Crippen LogP contribution in [0.4, 0.5) is 4.39 Å². The molecule has 2 rings (SSSR count). The molecular weight excluding hydrogens is 287 g/mol. The van der Waals surface area contributed by atoms with E-state index in [1.165, 1.54) is 12.1 Å². The molecule has 0 saturated carbocycles. The lowest BCUT2D eigenvalue weighted by molar-refractivity contribution is -0.133. The standard InChI is InChI=1S/C16H23FN2OS/c1-4-16(2)15(20)19(10-5-11-21-3)14(18-16)12-6-8-13(17)9-7-12/h6-9,14,18H,4-5,10-11H2,1-3H3. The van der Waals surface area contributed by atoms with E-state index in [1.807, 2.05) is 18.7 Å². The highest BCUT2D eigenvalue weighted by molar-refractivity contribution is 7.98. The number of benzene rings is 1. The van der Waals surface area contributed by atoms with Gasteiger partial charge in [-0.2, -0.15) is 11.8 Å². The number of hydrogen-bond donors (Lipinski definition) is 1. The molecule has 2 atom stereocenters. The van der Waals surface area contributed by atoms with E-state index in [4.69, 9.17) is 0 Å². The average molecular weight is 310 g/mol. The normalized spacial score (nSPS) is 25.6. The quantitative estimate of drug-likeness (QED) is 0.819. The van der Waals surface area contributed by atoms with Crippen molar-refractivity contribution in [1.82, 2.24) is 10.2 Å². The van der Waals surface area contributed by atoms with Gasteiger partial charge in [0.1, 0.15) is 12.0 Å². The van der Waals surface area contributed by atoms with Gasteiger partial charge in [0.15, 0.2) is 0 Å². The second-order valence-electron chi connectivity index (χ2n) is 5.63. The van der Waals surface area contributed by atoms with Gasteiger partial charge in [0.05, 0.1) is 5.54 Å². The Labute approximate surface area is 130 Å². The maximum absolute atomic E-state index is 13.1. The van der Waals surface area contributed by atoms with Crippen LogP contribution in [0.5, 0.6) is 0 Å². The van der Waals surface area contributed by atoms with Crippen LogP contribution in [0.25, 0.3) is 0 Å². The second kappa shape index (κ2) is 6.79. The van der Waals surface area contributed by atoms with Crippen LogP contribution in [0.1, 0.15) is 38.4 Å². The van der Waals surface area contributed by atoms with E-state index in [0.717, 1.165) is 30.7 Å². The lowest BCUT2D eigenvalue weighted by Crippen LogP contribution is -2.43. The second-order valence-corrected chi connectivity index (χ2v) is 6.61. The van der Waals surface area contributed by atoms with Crippen molar-refractivity contribution in [1.29, 1.82) is 0 Å². The van der Waals surface area contributed by atoms with Crippen molar-refractivity contribution in [3.63, 3.8) is 0 Å². The van der Waals surface area contributed by atoms with Crippen LogP contribution in [-0.2, 0) is 4.79 Å². The fourth-order valence-electron chi connectivity index (χ4n) is 2.65. The van der Waals surface area contributed by atoms with Crippen LogP contribution >= 0.6 is 11.8 Å². The summed E-state index contributed by atoms with van der Waals surface area (Å²) in [5.74, 6) is 0.915. The van der Waals surface area contributed by atoms with E-state index in [1.54, 1.807) is 23.9 Å². The van der Waals surface area contributed by atoms with Gasteiger partial charge in [0.2, 0.25) is 5.91 Å². The molecule has 1 aromatic carbocycles. The summed E-state index contributed by atoms with van der Waals surface area (Å²) in [4.78, 5) is 14.6. The summed E-state index contributed by atoms with van der Waals surface area (Å²) >= 11 is 1.78. The molecule has 21 heavy (non-hydrogen) atoms. The first kappa shape index (κ1) is 16.3. The number of nitrogens with one attached hydrogen (secondary N) is 1. The number of thioether (sulfide) groups is 1. The topological polar surface area (TPSA) is 32.3 Å². The fraction of sp³-hybridized carbons (Fsp3) is 0.562. The summed E-state index contributed by atoms with van der Waals surface area (Å²) < 4.78 is 13.1. The maximum atomic E-state index is 13.1. The molecule has 5 heteroatoms. The van der Waals surface area contributed by atoms with E-state index < -0.39 is 5.54 Å². The third-order valence-electron chi connectivity index (χ3n) is 4.14. The Morgan fingerprint density at radius 3 is 2.62 bits per heavy atom. The zero-order chi connectivity index (χ0) is 15.5.